The van der Waals surface area contributed by atoms with Crippen molar-refractivity contribution in [1.29, 1.82) is 0 Å². The number of amides is 1. The third kappa shape index (κ3) is 4.84. The van der Waals surface area contributed by atoms with E-state index in [4.69, 9.17) is 4.74 Å². The fraction of sp³-hybridized carbons (Fsp3) is 0.0500. The van der Waals surface area contributed by atoms with E-state index in [1.807, 2.05) is 54.6 Å². The number of para-hydroxylation sites is 2. The fourth-order valence-electron chi connectivity index (χ4n) is 2.17. The van der Waals surface area contributed by atoms with Gasteiger partial charge in [0, 0.05) is 9.79 Å². The van der Waals surface area contributed by atoms with Gasteiger partial charge in [-0.3, -0.25) is 4.79 Å². The molecule has 126 valence electrons. The molecule has 3 aromatic rings. The number of anilines is 1. The van der Waals surface area contributed by atoms with Crippen molar-refractivity contribution in [1.82, 2.24) is 0 Å². The lowest BCUT2D eigenvalue weighted by molar-refractivity contribution is -0.118. The van der Waals surface area contributed by atoms with Crippen LogP contribution in [0.4, 0.5) is 10.1 Å². The van der Waals surface area contributed by atoms with Gasteiger partial charge in [-0.2, -0.15) is 0 Å². The van der Waals surface area contributed by atoms with Crippen molar-refractivity contribution in [3.05, 3.63) is 84.7 Å². The van der Waals surface area contributed by atoms with E-state index in [0.717, 1.165) is 9.79 Å². The number of hydrogen-bond acceptors (Lipinski definition) is 3. The summed E-state index contributed by atoms with van der Waals surface area (Å²) >= 11 is 1.56. The Morgan fingerprint density at radius 2 is 1.60 bits per heavy atom. The molecule has 0 aromatic heterocycles. The van der Waals surface area contributed by atoms with Crippen LogP contribution in [0.25, 0.3) is 0 Å². The molecule has 3 nitrogen and oxygen atoms in total. The van der Waals surface area contributed by atoms with Crippen LogP contribution in [-0.2, 0) is 4.79 Å². The Kier molecular flexibility index (Phi) is 5.69. The molecule has 0 spiro atoms. The van der Waals surface area contributed by atoms with Crippen molar-refractivity contribution < 1.29 is 13.9 Å². The second-order valence-electron chi connectivity index (χ2n) is 5.18. The lowest BCUT2D eigenvalue weighted by Gasteiger charge is -2.11. The molecule has 25 heavy (non-hydrogen) atoms. The largest absolute Gasteiger partial charge is 0.481 e. The van der Waals surface area contributed by atoms with Crippen LogP contribution in [0.2, 0.25) is 0 Å². The second-order valence-corrected chi connectivity index (χ2v) is 6.29. The zero-order valence-electron chi connectivity index (χ0n) is 13.3. The third-order valence-electron chi connectivity index (χ3n) is 3.33. The zero-order chi connectivity index (χ0) is 17.5. The minimum Gasteiger partial charge on any atom is -0.481 e. The molecular formula is C20H16FNO2S. The number of hydrogen-bond donors (Lipinski definition) is 1. The predicted molar refractivity (Wildman–Crippen MR) is 97.5 cm³/mol. The smallest absolute Gasteiger partial charge is 0.262 e. The molecule has 0 bridgehead atoms. The molecule has 3 rings (SSSR count). The zero-order valence-corrected chi connectivity index (χ0v) is 14.1. The van der Waals surface area contributed by atoms with Crippen LogP contribution >= 0.6 is 11.8 Å². The van der Waals surface area contributed by atoms with Crippen molar-refractivity contribution >= 4 is 23.4 Å². The van der Waals surface area contributed by atoms with Crippen LogP contribution in [0.15, 0.2) is 88.7 Å². The van der Waals surface area contributed by atoms with Crippen LogP contribution in [-0.4, -0.2) is 12.5 Å². The highest BCUT2D eigenvalue weighted by Crippen LogP contribution is 2.33. The van der Waals surface area contributed by atoms with Gasteiger partial charge in [0.25, 0.3) is 5.91 Å². The van der Waals surface area contributed by atoms with E-state index < -0.39 is 5.82 Å². The van der Waals surface area contributed by atoms with Gasteiger partial charge >= 0.3 is 0 Å². The van der Waals surface area contributed by atoms with Crippen LogP contribution < -0.4 is 10.1 Å². The summed E-state index contributed by atoms with van der Waals surface area (Å²) in [5.74, 6) is -0.774. The first-order valence-electron chi connectivity index (χ1n) is 7.71. The summed E-state index contributed by atoms with van der Waals surface area (Å²) < 4.78 is 18.7. The van der Waals surface area contributed by atoms with E-state index in [-0.39, 0.29) is 18.3 Å². The van der Waals surface area contributed by atoms with Crippen LogP contribution in [0.1, 0.15) is 0 Å². The Balaban J connectivity index is 1.64. The maximum atomic E-state index is 13.5. The molecule has 0 saturated carbocycles. The van der Waals surface area contributed by atoms with E-state index >= 15 is 0 Å². The number of carbonyl (C=O) groups excluding carboxylic acids is 1. The summed E-state index contributed by atoms with van der Waals surface area (Å²) in [7, 11) is 0. The molecule has 0 radical (unpaired) electrons. The Morgan fingerprint density at radius 3 is 2.40 bits per heavy atom. The Morgan fingerprint density at radius 1 is 0.920 bits per heavy atom. The first-order chi connectivity index (χ1) is 12.2. The lowest BCUT2D eigenvalue weighted by atomic mass is 10.3. The van der Waals surface area contributed by atoms with Gasteiger partial charge in [0.15, 0.2) is 18.2 Å². The standard InChI is InChI=1S/C20H16FNO2S/c21-16-10-4-6-12-18(16)24-14-20(23)22-17-11-5-7-13-19(17)25-15-8-2-1-3-9-15/h1-13H,14H2,(H,22,23). The predicted octanol–water partition coefficient (Wildman–Crippen LogP) is 4.99. The molecule has 1 N–H and O–H groups in total. The van der Waals surface area contributed by atoms with Gasteiger partial charge in [0.2, 0.25) is 0 Å². The van der Waals surface area contributed by atoms with E-state index in [1.165, 1.54) is 12.1 Å². The molecule has 0 fully saturated rings. The maximum absolute atomic E-state index is 13.5. The summed E-state index contributed by atoms with van der Waals surface area (Å²) in [6, 6.07) is 23.4. The number of carbonyl (C=O) groups is 1. The highest BCUT2D eigenvalue weighted by Gasteiger charge is 2.10. The monoisotopic (exact) mass is 353 g/mol. The summed E-state index contributed by atoms with van der Waals surface area (Å²) in [6.07, 6.45) is 0. The maximum Gasteiger partial charge on any atom is 0.262 e. The number of ether oxygens (including phenoxy) is 1. The third-order valence-corrected chi connectivity index (χ3v) is 4.41. The van der Waals surface area contributed by atoms with E-state index in [1.54, 1.807) is 23.9 Å². The van der Waals surface area contributed by atoms with Crippen LogP contribution in [0, 0.1) is 5.82 Å². The molecule has 0 aliphatic rings. The average molecular weight is 353 g/mol. The molecule has 0 atom stereocenters. The van der Waals surface area contributed by atoms with Crippen molar-refractivity contribution in [3.63, 3.8) is 0 Å². The molecule has 0 unspecified atom stereocenters. The Bertz CT molecular complexity index is 855. The molecule has 0 heterocycles. The van der Waals surface area contributed by atoms with Crippen molar-refractivity contribution in [3.8, 4) is 5.75 Å². The number of rotatable bonds is 6. The number of benzene rings is 3. The highest BCUT2D eigenvalue weighted by atomic mass is 32.2. The van der Waals surface area contributed by atoms with Gasteiger partial charge < -0.3 is 10.1 Å². The number of nitrogens with one attached hydrogen (secondary N) is 1. The minimum atomic E-state index is -0.490. The Labute approximate surface area is 149 Å². The summed E-state index contributed by atoms with van der Waals surface area (Å²) in [6.45, 7) is -0.259. The normalized spacial score (nSPS) is 10.3. The first kappa shape index (κ1) is 17.0. The van der Waals surface area contributed by atoms with Crippen LogP contribution in [0.5, 0.6) is 5.75 Å². The fourth-order valence-corrected chi connectivity index (χ4v) is 3.09. The summed E-state index contributed by atoms with van der Waals surface area (Å²) in [5, 5.41) is 2.81. The molecule has 3 aromatic carbocycles. The summed E-state index contributed by atoms with van der Waals surface area (Å²) in [5.41, 5.74) is 0.693. The highest BCUT2D eigenvalue weighted by molar-refractivity contribution is 7.99. The van der Waals surface area contributed by atoms with E-state index in [0.29, 0.717) is 5.69 Å². The van der Waals surface area contributed by atoms with Gasteiger partial charge in [-0.05, 0) is 36.4 Å². The van der Waals surface area contributed by atoms with Gasteiger partial charge in [0.1, 0.15) is 0 Å². The summed E-state index contributed by atoms with van der Waals surface area (Å²) in [4.78, 5) is 14.1. The molecule has 0 aliphatic heterocycles. The minimum absolute atomic E-state index is 0.0598. The van der Waals surface area contributed by atoms with Crippen LogP contribution in [0.3, 0.4) is 0 Å². The van der Waals surface area contributed by atoms with E-state index in [2.05, 4.69) is 5.32 Å². The molecule has 5 heteroatoms. The lowest BCUT2D eigenvalue weighted by Crippen LogP contribution is -2.20. The SMILES string of the molecule is O=C(COc1ccccc1F)Nc1ccccc1Sc1ccccc1. The molecule has 0 aliphatic carbocycles. The second kappa shape index (κ2) is 8.35. The number of halogens is 1. The molecular weight excluding hydrogens is 337 g/mol. The average Bonchev–Trinajstić information content (AvgIpc) is 2.64. The van der Waals surface area contributed by atoms with Gasteiger partial charge in [-0.15, -0.1) is 0 Å². The first-order valence-corrected chi connectivity index (χ1v) is 8.53. The molecule has 0 saturated heterocycles. The topological polar surface area (TPSA) is 38.3 Å². The molecule has 1 amide bonds. The van der Waals surface area contributed by atoms with Crippen molar-refractivity contribution in [2.45, 2.75) is 9.79 Å². The quantitative estimate of drug-likeness (QED) is 0.678. The van der Waals surface area contributed by atoms with Gasteiger partial charge in [-0.1, -0.05) is 54.2 Å². The van der Waals surface area contributed by atoms with E-state index in [9.17, 15) is 9.18 Å². The van der Waals surface area contributed by atoms with Crippen molar-refractivity contribution in [2.75, 3.05) is 11.9 Å². The Hall–Kier alpha value is -2.79. The van der Waals surface area contributed by atoms with Gasteiger partial charge in [0.05, 0.1) is 5.69 Å². The van der Waals surface area contributed by atoms with Gasteiger partial charge in [-0.25, -0.2) is 4.39 Å². The van der Waals surface area contributed by atoms with Crippen molar-refractivity contribution in [2.24, 2.45) is 0 Å².